The van der Waals surface area contributed by atoms with Crippen molar-refractivity contribution < 1.29 is 0 Å². The van der Waals surface area contributed by atoms with Crippen molar-refractivity contribution >= 4 is 0 Å². The lowest BCUT2D eigenvalue weighted by Gasteiger charge is -2.05. The van der Waals surface area contributed by atoms with Crippen LogP contribution >= 0.6 is 0 Å². The smallest absolute Gasteiger partial charge is 0.137 e. The first-order chi connectivity index (χ1) is 7.16. The molecule has 0 aliphatic carbocycles. The highest BCUT2D eigenvalue weighted by molar-refractivity contribution is 5.27. The second-order valence-corrected chi connectivity index (χ2v) is 4.03. The Hall–Kier alpha value is -1.64. The normalized spacial score (nSPS) is 10.9. The van der Waals surface area contributed by atoms with Crippen LogP contribution in [0, 0.1) is 6.92 Å². The van der Waals surface area contributed by atoms with E-state index in [1.807, 2.05) is 30.0 Å². The monoisotopic (exact) mass is 201 g/mol. The minimum Gasteiger partial charge on any atom is -0.290 e. The Labute approximate surface area is 89.8 Å². The van der Waals surface area contributed by atoms with Crippen LogP contribution in [0.25, 0.3) is 5.82 Å². The molecule has 0 bridgehead atoms. The molecular weight excluding hydrogens is 186 g/mol. The molecule has 3 heteroatoms. The van der Waals surface area contributed by atoms with E-state index in [1.165, 1.54) is 5.56 Å². The summed E-state index contributed by atoms with van der Waals surface area (Å²) in [5.41, 5.74) is 2.26. The van der Waals surface area contributed by atoms with Crippen molar-refractivity contribution in [3.63, 3.8) is 0 Å². The highest BCUT2D eigenvalue weighted by Crippen LogP contribution is 2.14. The average molecular weight is 201 g/mol. The van der Waals surface area contributed by atoms with Crippen molar-refractivity contribution in [2.45, 2.75) is 26.7 Å². The van der Waals surface area contributed by atoms with Crippen LogP contribution in [0.15, 0.2) is 30.9 Å². The summed E-state index contributed by atoms with van der Waals surface area (Å²) in [5.74, 6) is 1.44. The van der Waals surface area contributed by atoms with Gasteiger partial charge in [0.15, 0.2) is 0 Å². The van der Waals surface area contributed by atoms with Gasteiger partial charge in [-0.15, -0.1) is 0 Å². The third-order valence-electron chi connectivity index (χ3n) is 2.41. The molecule has 0 aliphatic rings. The molecule has 0 N–H and O–H groups in total. The van der Waals surface area contributed by atoms with Gasteiger partial charge in [0, 0.05) is 12.4 Å². The molecule has 2 aromatic rings. The van der Waals surface area contributed by atoms with Crippen molar-refractivity contribution in [2.24, 2.45) is 0 Å². The van der Waals surface area contributed by atoms with Crippen molar-refractivity contribution in [1.29, 1.82) is 0 Å². The Morgan fingerprint density at radius 1 is 1.20 bits per heavy atom. The number of hydrogen-bond acceptors (Lipinski definition) is 2. The summed E-state index contributed by atoms with van der Waals surface area (Å²) in [5, 5.41) is 0. The van der Waals surface area contributed by atoms with E-state index in [4.69, 9.17) is 0 Å². The lowest BCUT2D eigenvalue weighted by atomic mass is 10.1. The zero-order chi connectivity index (χ0) is 10.8. The quantitative estimate of drug-likeness (QED) is 0.748. The van der Waals surface area contributed by atoms with Gasteiger partial charge < -0.3 is 0 Å². The number of hydrogen-bond donors (Lipinski definition) is 0. The number of aromatic nitrogens is 3. The molecule has 2 heterocycles. The van der Waals surface area contributed by atoms with Gasteiger partial charge in [0.1, 0.15) is 12.1 Å². The Bertz CT molecular complexity index is 440. The van der Waals surface area contributed by atoms with Crippen molar-refractivity contribution in [2.75, 3.05) is 0 Å². The Balaban J connectivity index is 2.31. The van der Waals surface area contributed by atoms with Crippen LogP contribution in [0.3, 0.4) is 0 Å². The largest absolute Gasteiger partial charge is 0.290 e. The highest BCUT2D eigenvalue weighted by atomic mass is 15.1. The Kier molecular flexibility index (Phi) is 2.54. The van der Waals surface area contributed by atoms with Gasteiger partial charge >= 0.3 is 0 Å². The Morgan fingerprint density at radius 3 is 2.47 bits per heavy atom. The van der Waals surface area contributed by atoms with Gasteiger partial charge in [-0.2, -0.15) is 0 Å². The van der Waals surface area contributed by atoms with Crippen LogP contribution in [-0.2, 0) is 0 Å². The molecule has 0 atom stereocenters. The molecule has 0 aromatic carbocycles. The molecule has 2 rings (SSSR count). The second kappa shape index (κ2) is 3.85. The lowest BCUT2D eigenvalue weighted by molar-refractivity contribution is 0.851. The summed E-state index contributed by atoms with van der Waals surface area (Å²) in [4.78, 5) is 8.58. The van der Waals surface area contributed by atoms with E-state index in [1.54, 1.807) is 6.33 Å². The number of imidazole rings is 1. The van der Waals surface area contributed by atoms with Gasteiger partial charge in [0.25, 0.3) is 0 Å². The molecule has 0 fully saturated rings. The van der Waals surface area contributed by atoms with Gasteiger partial charge in [-0.05, 0) is 24.5 Å². The fourth-order valence-corrected chi connectivity index (χ4v) is 1.44. The van der Waals surface area contributed by atoms with E-state index in [0.717, 1.165) is 11.5 Å². The maximum Gasteiger partial charge on any atom is 0.137 e. The summed E-state index contributed by atoms with van der Waals surface area (Å²) in [6.45, 7) is 6.30. The molecule has 0 amide bonds. The van der Waals surface area contributed by atoms with E-state index in [0.29, 0.717) is 5.92 Å². The first-order valence-electron chi connectivity index (χ1n) is 5.14. The van der Waals surface area contributed by atoms with Crippen LogP contribution in [0.4, 0.5) is 0 Å². The van der Waals surface area contributed by atoms with E-state index in [9.17, 15) is 0 Å². The third kappa shape index (κ3) is 2.06. The van der Waals surface area contributed by atoms with E-state index in [-0.39, 0.29) is 0 Å². The molecule has 0 aliphatic heterocycles. The van der Waals surface area contributed by atoms with Crippen LogP contribution in [0.2, 0.25) is 0 Å². The molecule has 0 saturated carbocycles. The number of nitrogens with zero attached hydrogens (tertiary/aromatic N) is 3. The van der Waals surface area contributed by atoms with E-state index < -0.39 is 0 Å². The third-order valence-corrected chi connectivity index (χ3v) is 2.41. The molecular formula is C12H15N3. The minimum atomic E-state index is 0.524. The first kappa shape index (κ1) is 9.90. The maximum absolute atomic E-state index is 4.41. The average Bonchev–Trinajstić information content (AvgIpc) is 2.65. The van der Waals surface area contributed by atoms with Crippen LogP contribution < -0.4 is 0 Å². The summed E-state index contributed by atoms with van der Waals surface area (Å²) in [6.07, 6.45) is 5.68. The van der Waals surface area contributed by atoms with Crippen molar-refractivity contribution in [3.05, 3.63) is 42.1 Å². The Morgan fingerprint density at radius 2 is 2.00 bits per heavy atom. The maximum atomic E-state index is 4.41. The van der Waals surface area contributed by atoms with Crippen LogP contribution in [-0.4, -0.2) is 14.5 Å². The summed E-state index contributed by atoms with van der Waals surface area (Å²) < 4.78 is 1.93. The molecule has 15 heavy (non-hydrogen) atoms. The molecule has 0 spiro atoms. The van der Waals surface area contributed by atoms with Gasteiger partial charge in [-0.1, -0.05) is 19.9 Å². The van der Waals surface area contributed by atoms with Gasteiger partial charge in [-0.3, -0.25) is 4.57 Å². The number of rotatable bonds is 2. The van der Waals surface area contributed by atoms with E-state index >= 15 is 0 Å². The molecule has 3 nitrogen and oxygen atoms in total. The predicted octanol–water partition coefficient (Wildman–Crippen LogP) is 2.70. The van der Waals surface area contributed by atoms with Crippen LogP contribution in [0.1, 0.15) is 31.0 Å². The second-order valence-electron chi connectivity index (χ2n) is 4.03. The molecule has 2 aromatic heterocycles. The van der Waals surface area contributed by atoms with Crippen molar-refractivity contribution in [3.8, 4) is 5.82 Å². The van der Waals surface area contributed by atoms with Crippen LogP contribution in [0.5, 0.6) is 0 Å². The summed E-state index contributed by atoms with van der Waals surface area (Å²) in [6, 6.07) is 4.14. The first-order valence-corrected chi connectivity index (χ1v) is 5.14. The SMILES string of the molecule is Cc1cn(-c2ccc(C(C)C)cn2)cn1. The number of pyridine rings is 1. The molecule has 0 saturated heterocycles. The van der Waals surface area contributed by atoms with Crippen molar-refractivity contribution in [1.82, 2.24) is 14.5 Å². The lowest BCUT2D eigenvalue weighted by Crippen LogP contribution is -1.96. The molecule has 0 unspecified atom stereocenters. The zero-order valence-electron chi connectivity index (χ0n) is 9.31. The topological polar surface area (TPSA) is 30.7 Å². The van der Waals surface area contributed by atoms with E-state index in [2.05, 4.69) is 29.9 Å². The fraction of sp³-hybridized carbons (Fsp3) is 0.333. The predicted molar refractivity (Wildman–Crippen MR) is 60.2 cm³/mol. The number of aryl methyl sites for hydroxylation is 1. The molecule has 78 valence electrons. The molecule has 0 radical (unpaired) electrons. The standard InChI is InChI=1S/C12H15N3/c1-9(2)11-4-5-12(13-6-11)15-7-10(3)14-8-15/h4-9H,1-3H3. The van der Waals surface area contributed by atoms with Gasteiger partial charge in [0.2, 0.25) is 0 Å². The highest BCUT2D eigenvalue weighted by Gasteiger charge is 2.01. The zero-order valence-corrected chi connectivity index (χ0v) is 9.31. The van der Waals surface area contributed by atoms with Gasteiger partial charge in [-0.25, -0.2) is 9.97 Å². The van der Waals surface area contributed by atoms with Gasteiger partial charge in [0.05, 0.1) is 5.69 Å². The minimum absolute atomic E-state index is 0.524. The fourth-order valence-electron chi connectivity index (χ4n) is 1.44. The summed E-state index contributed by atoms with van der Waals surface area (Å²) >= 11 is 0. The summed E-state index contributed by atoms with van der Waals surface area (Å²) in [7, 11) is 0.